The molecule has 0 atom stereocenters. The fourth-order valence-electron chi connectivity index (χ4n) is 2.08. The van der Waals surface area contributed by atoms with Gasteiger partial charge < -0.3 is 9.47 Å². The van der Waals surface area contributed by atoms with Crippen molar-refractivity contribution >= 4 is 10.0 Å². The van der Waals surface area contributed by atoms with Crippen molar-refractivity contribution in [2.45, 2.75) is 11.3 Å². The highest BCUT2D eigenvalue weighted by atomic mass is 32.2. The zero-order valence-corrected chi connectivity index (χ0v) is 13.7. The summed E-state index contributed by atoms with van der Waals surface area (Å²) >= 11 is 0. The molecule has 0 saturated heterocycles. The lowest BCUT2D eigenvalue weighted by Gasteiger charge is -2.10. The average Bonchev–Trinajstić information content (AvgIpc) is 2.54. The van der Waals surface area contributed by atoms with Crippen LogP contribution in [0.1, 0.15) is 5.56 Å². The van der Waals surface area contributed by atoms with Crippen LogP contribution in [-0.4, -0.2) is 29.2 Å². The second-order valence-corrected chi connectivity index (χ2v) is 6.53. The van der Waals surface area contributed by atoms with E-state index in [1.165, 1.54) is 18.2 Å². The largest absolute Gasteiger partial charge is 0.497 e. The Morgan fingerprint density at radius 1 is 1.04 bits per heavy atom. The van der Waals surface area contributed by atoms with Crippen molar-refractivity contribution < 1.29 is 22.3 Å². The van der Waals surface area contributed by atoms with Crippen LogP contribution in [-0.2, 0) is 16.4 Å². The van der Waals surface area contributed by atoms with Gasteiger partial charge in [0.2, 0.25) is 10.0 Å². The highest BCUT2D eigenvalue weighted by Crippen LogP contribution is 2.22. The summed E-state index contributed by atoms with van der Waals surface area (Å²) in [6, 6.07) is 10.6. The molecule has 0 amide bonds. The quantitative estimate of drug-likeness (QED) is 0.841. The summed E-state index contributed by atoms with van der Waals surface area (Å²) in [7, 11) is -0.798. The van der Waals surface area contributed by atoms with Crippen molar-refractivity contribution in [3.05, 3.63) is 53.8 Å². The van der Waals surface area contributed by atoms with Gasteiger partial charge in [-0.15, -0.1) is 0 Å². The molecule has 1 N–H and O–H groups in total. The third kappa shape index (κ3) is 4.43. The van der Waals surface area contributed by atoms with Gasteiger partial charge in [0, 0.05) is 12.6 Å². The van der Waals surface area contributed by atoms with E-state index in [1.54, 1.807) is 32.4 Å². The van der Waals surface area contributed by atoms with Gasteiger partial charge >= 0.3 is 0 Å². The smallest absolute Gasteiger partial charge is 0.243 e. The topological polar surface area (TPSA) is 64.6 Å². The van der Waals surface area contributed by atoms with E-state index in [-0.39, 0.29) is 11.4 Å². The molecule has 124 valence electrons. The van der Waals surface area contributed by atoms with E-state index in [1.807, 2.05) is 0 Å². The Morgan fingerprint density at radius 3 is 2.22 bits per heavy atom. The molecule has 0 aliphatic heterocycles. The molecule has 2 aromatic rings. The van der Waals surface area contributed by atoms with Crippen LogP contribution in [0.15, 0.2) is 47.4 Å². The number of ether oxygens (including phenoxy) is 2. The molecule has 2 aromatic carbocycles. The van der Waals surface area contributed by atoms with Gasteiger partial charge in [0.15, 0.2) is 0 Å². The molecule has 2 rings (SSSR count). The normalized spacial score (nSPS) is 11.3. The predicted octanol–water partition coefficient (Wildman–Crippen LogP) is 2.36. The maximum Gasteiger partial charge on any atom is 0.243 e. The zero-order valence-electron chi connectivity index (χ0n) is 12.9. The van der Waals surface area contributed by atoms with Gasteiger partial charge in [-0.3, -0.25) is 0 Å². The lowest BCUT2D eigenvalue weighted by atomic mass is 10.1. The van der Waals surface area contributed by atoms with E-state index in [4.69, 9.17) is 9.47 Å². The molecule has 0 unspecified atom stereocenters. The summed E-state index contributed by atoms with van der Waals surface area (Å²) in [5.74, 6) is 0.468. The maximum absolute atomic E-state index is 13.6. The summed E-state index contributed by atoms with van der Waals surface area (Å²) in [4.78, 5) is -0.358. The van der Waals surface area contributed by atoms with Crippen LogP contribution < -0.4 is 14.2 Å². The number of methoxy groups -OCH3 is 2. The Morgan fingerprint density at radius 2 is 1.65 bits per heavy atom. The van der Waals surface area contributed by atoms with E-state index < -0.39 is 15.8 Å². The highest BCUT2D eigenvalue weighted by Gasteiger charge is 2.17. The lowest BCUT2D eigenvalue weighted by molar-refractivity contribution is 0.393. The zero-order chi connectivity index (χ0) is 16.9. The molecule has 0 aliphatic rings. The number of hydrogen-bond donors (Lipinski definition) is 1. The molecule has 0 spiro atoms. The number of benzene rings is 2. The van der Waals surface area contributed by atoms with E-state index in [2.05, 4.69) is 4.72 Å². The van der Waals surface area contributed by atoms with Gasteiger partial charge in [-0.2, -0.15) is 0 Å². The fraction of sp³-hybridized carbons (Fsp3) is 0.250. The van der Waals surface area contributed by atoms with Crippen molar-refractivity contribution in [1.82, 2.24) is 4.72 Å². The van der Waals surface area contributed by atoms with E-state index >= 15 is 0 Å². The Balaban J connectivity index is 2.06. The monoisotopic (exact) mass is 339 g/mol. The van der Waals surface area contributed by atoms with Crippen LogP contribution in [0, 0.1) is 5.82 Å². The minimum absolute atomic E-state index is 0.132. The first-order valence-electron chi connectivity index (χ1n) is 6.92. The minimum Gasteiger partial charge on any atom is -0.497 e. The first-order valence-corrected chi connectivity index (χ1v) is 8.40. The van der Waals surface area contributed by atoms with Crippen molar-refractivity contribution in [2.75, 3.05) is 20.8 Å². The molecule has 0 saturated carbocycles. The Labute approximate surface area is 135 Å². The molecule has 0 fully saturated rings. The van der Waals surface area contributed by atoms with Crippen LogP contribution in [0.4, 0.5) is 4.39 Å². The molecule has 0 radical (unpaired) electrons. The van der Waals surface area contributed by atoms with Gasteiger partial charge in [0.25, 0.3) is 0 Å². The molecule has 7 heteroatoms. The highest BCUT2D eigenvalue weighted by molar-refractivity contribution is 7.89. The lowest BCUT2D eigenvalue weighted by Crippen LogP contribution is -2.26. The molecular formula is C16H18FNO4S. The average molecular weight is 339 g/mol. The molecule has 0 aliphatic carbocycles. The number of rotatable bonds is 7. The van der Waals surface area contributed by atoms with E-state index in [9.17, 15) is 12.8 Å². The molecule has 23 heavy (non-hydrogen) atoms. The van der Waals surface area contributed by atoms with Crippen LogP contribution in [0.5, 0.6) is 11.5 Å². The van der Waals surface area contributed by atoms with Crippen LogP contribution >= 0.6 is 0 Å². The molecule has 0 aromatic heterocycles. The van der Waals surface area contributed by atoms with Crippen LogP contribution in [0.2, 0.25) is 0 Å². The first-order chi connectivity index (χ1) is 11.0. The Bertz CT molecular complexity index is 755. The standard InChI is InChI=1S/C16H18FNO4S/c1-21-13-9-12(10-14(11-13)22-2)7-8-18-23(19,20)16-6-4-3-5-15(16)17/h3-6,9-11,18H,7-8H2,1-2H3. The predicted molar refractivity (Wildman–Crippen MR) is 84.8 cm³/mol. The number of halogens is 1. The van der Waals surface area contributed by atoms with Crippen molar-refractivity contribution in [2.24, 2.45) is 0 Å². The van der Waals surface area contributed by atoms with Crippen LogP contribution in [0.3, 0.4) is 0 Å². The molecule has 5 nitrogen and oxygen atoms in total. The number of hydrogen-bond acceptors (Lipinski definition) is 4. The van der Waals surface area contributed by atoms with Gasteiger partial charge in [-0.25, -0.2) is 17.5 Å². The Hall–Kier alpha value is -2.12. The number of sulfonamides is 1. The second kappa shape index (κ2) is 7.43. The minimum atomic E-state index is -3.88. The summed E-state index contributed by atoms with van der Waals surface area (Å²) in [6.45, 7) is 0.132. The number of nitrogens with one attached hydrogen (secondary N) is 1. The third-order valence-electron chi connectivity index (χ3n) is 3.24. The van der Waals surface area contributed by atoms with Crippen molar-refractivity contribution in [3.63, 3.8) is 0 Å². The molecule has 0 heterocycles. The fourth-order valence-corrected chi connectivity index (χ4v) is 3.19. The van der Waals surface area contributed by atoms with Gasteiger partial charge in [-0.05, 0) is 36.2 Å². The van der Waals surface area contributed by atoms with E-state index in [0.717, 1.165) is 11.6 Å². The SMILES string of the molecule is COc1cc(CCNS(=O)(=O)c2ccccc2F)cc(OC)c1. The summed E-state index contributed by atoms with van der Waals surface area (Å²) < 4.78 is 50.5. The molecule has 0 bridgehead atoms. The summed E-state index contributed by atoms with van der Waals surface area (Å²) in [5, 5.41) is 0. The second-order valence-electron chi connectivity index (χ2n) is 4.80. The van der Waals surface area contributed by atoms with Gasteiger partial charge in [0.1, 0.15) is 22.2 Å². The van der Waals surface area contributed by atoms with E-state index in [0.29, 0.717) is 17.9 Å². The van der Waals surface area contributed by atoms with Gasteiger partial charge in [-0.1, -0.05) is 12.1 Å². The summed E-state index contributed by atoms with van der Waals surface area (Å²) in [6.07, 6.45) is 0.418. The van der Waals surface area contributed by atoms with Crippen molar-refractivity contribution in [3.8, 4) is 11.5 Å². The Kier molecular flexibility index (Phi) is 5.57. The molecular weight excluding hydrogens is 321 g/mol. The van der Waals surface area contributed by atoms with Crippen LogP contribution in [0.25, 0.3) is 0 Å². The summed E-state index contributed by atoms with van der Waals surface area (Å²) in [5.41, 5.74) is 0.845. The first kappa shape index (κ1) is 17.2. The maximum atomic E-state index is 13.6. The van der Waals surface area contributed by atoms with Gasteiger partial charge in [0.05, 0.1) is 14.2 Å². The van der Waals surface area contributed by atoms with Crippen molar-refractivity contribution in [1.29, 1.82) is 0 Å². The third-order valence-corrected chi connectivity index (χ3v) is 4.74.